The minimum absolute atomic E-state index is 0.0471. The lowest BCUT2D eigenvalue weighted by Gasteiger charge is -2.01. The molecule has 0 amide bonds. The highest BCUT2D eigenvalue weighted by Gasteiger charge is 2.15. The van der Waals surface area contributed by atoms with Crippen LogP contribution in [-0.2, 0) is 0 Å². The van der Waals surface area contributed by atoms with Crippen LogP contribution < -0.4 is 0 Å². The summed E-state index contributed by atoms with van der Waals surface area (Å²) < 4.78 is 0. The van der Waals surface area contributed by atoms with Crippen molar-refractivity contribution in [2.24, 2.45) is 0 Å². The van der Waals surface area contributed by atoms with Gasteiger partial charge in [0.15, 0.2) is 0 Å². The lowest BCUT2D eigenvalue weighted by atomic mass is 10.1. The van der Waals surface area contributed by atoms with Crippen LogP contribution in [0.3, 0.4) is 0 Å². The molecule has 0 unspecified atom stereocenters. The smallest absolute Gasteiger partial charge is 0.258 e. The first-order valence-corrected chi connectivity index (χ1v) is 6.00. The molecule has 0 saturated carbocycles. The van der Waals surface area contributed by atoms with Gasteiger partial charge in [0.05, 0.1) is 4.92 Å². The molecule has 0 saturated heterocycles. The quantitative estimate of drug-likeness (QED) is 0.480. The SMILES string of the molecule is Cc1cc([N+](=O)[O-])c(C=Cc2ccccc2)nc1Cl. The molecule has 5 heteroatoms. The van der Waals surface area contributed by atoms with Crippen LogP contribution in [0.2, 0.25) is 5.15 Å². The van der Waals surface area contributed by atoms with E-state index >= 15 is 0 Å². The van der Waals surface area contributed by atoms with E-state index in [1.165, 1.54) is 6.07 Å². The third-order valence-corrected chi connectivity index (χ3v) is 2.97. The molecule has 96 valence electrons. The molecule has 1 aromatic carbocycles. The van der Waals surface area contributed by atoms with E-state index in [4.69, 9.17) is 11.6 Å². The number of benzene rings is 1. The molecule has 2 rings (SSSR count). The molecule has 0 aliphatic carbocycles. The molecule has 0 aliphatic rings. The Morgan fingerprint density at radius 1 is 1.26 bits per heavy atom. The van der Waals surface area contributed by atoms with Crippen LogP contribution in [-0.4, -0.2) is 9.91 Å². The number of aromatic nitrogens is 1. The second-order valence-electron chi connectivity index (χ2n) is 4.00. The highest BCUT2D eigenvalue weighted by Crippen LogP contribution is 2.24. The highest BCUT2D eigenvalue weighted by atomic mass is 35.5. The Morgan fingerprint density at radius 3 is 2.58 bits per heavy atom. The van der Waals surface area contributed by atoms with Crippen molar-refractivity contribution < 1.29 is 4.92 Å². The second kappa shape index (κ2) is 5.63. The number of aryl methyl sites for hydroxylation is 1. The topological polar surface area (TPSA) is 56.0 Å². The zero-order valence-electron chi connectivity index (χ0n) is 10.2. The van der Waals surface area contributed by atoms with E-state index in [0.29, 0.717) is 5.56 Å². The third kappa shape index (κ3) is 3.17. The predicted molar refractivity (Wildman–Crippen MR) is 76.0 cm³/mol. The number of hydrogen-bond acceptors (Lipinski definition) is 3. The zero-order chi connectivity index (χ0) is 13.8. The molecular formula is C14H11ClN2O2. The summed E-state index contributed by atoms with van der Waals surface area (Å²) in [6, 6.07) is 10.9. The second-order valence-corrected chi connectivity index (χ2v) is 4.36. The van der Waals surface area contributed by atoms with E-state index in [-0.39, 0.29) is 16.5 Å². The molecule has 0 bridgehead atoms. The first kappa shape index (κ1) is 13.2. The summed E-state index contributed by atoms with van der Waals surface area (Å²) in [5, 5.41) is 11.3. The fraction of sp³-hybridized carbons (Fsp3) is 0.0714. The van der Waals surface area contributed by atoms with Crippen molar-refractivity contribution >= 4 is 29.4 Å². The summed E-state index contributed by atoms with van der Waals surface area (Å²) in [6.45, 7) is 1.69. The average molecular weight is 275 g/mol. The molecule has 0 spiro atoms. The van der Waals surface area contributed by atoms with E-state index in [0.717, 1.165) is 5.56 Å². The summed E-state index contributed by atoms with van der Waals surface area (Å²) in [4.78, 5) is 14.6. The Balaban J connectivity index is 2.42. The van der Waals surface area contributed by atoms with Crippen LogP contribution in [0.5, 0.6) is 0 Å². The van der Waals surface area contributed by atoms with Crippen LogP contribution in [0.4, 0.5) is 5.69 Å². The number of nitro groups is 1. The summed E-state index contributed by atoms with van der Waals surface area (Å²) in [5.41, 5.74) is 1.74. The number of halogens is 1. The number of rotatable bonds is 3. The van der Waals surface area contributed by atoms with Crippen LogP contribution in [0.1, 0.15) is 16.8 Å². The van der Waals surface area contributed by atoms with Gasteiger partial charge in [0, 0.05) is 6.07 Å². The van der Waals surface area contributed by atoms with E-state index in [9.17, 15) is 10.1 Å². The third-order valence-electron chi connectivity index (χ3n) is 2.59. The van der Waals surface area contributed by atoms with Crippen molar-refractivity contribution in [3.63, 3.8) is 0 Å². The molecule has 4 nitrogen and oxygen atoms in total. The summed E-state index contributed by atoms with van der Waals surface area (Å²) >= 11 is 5.90. The largest absolute Gasteiger partial charge is 0.295 e. The molecule has 2 aromatic rings. The fourth-order valence-electron chi connectivity index (χ4n) is 1.60. The van der Waals surface area contributed by atoms with Gasteiger partial charge in [-0.05, 0) is 24.1 Å². The molecule has 1 aromatic heterocycles. The highest BCUT2D eigenvalue weighted by molar-refractivity contribution is 6.30. The number of nitrogens with zero attached hydrogens (tertiary/aromatic N) is 2. The van der Waals surface area contributed by atoms with Gasteiger partial charge in [-0.3, -0.25) is 10.1 Å². The van der Waals surface area contributed by atoms with E-state index in [2.05, 4.69) is 4.98 Å². The Morgan fingerprint density at radius 2 is 1.95 bits per heavy atom. The van der Waals surface area contributed by atoms with Crippen molar-refractivity contribution in [3.05, 3.63) is 68.5 Å². The van der Waals surface area contributed by atoms with Gasteiger partial charge in [0.2, 0.25) is 0 Å². The van der Waals surface area contributed by atoms with Crippen molar-refractivity contribution in [2.75, 3.05) is 0 Å². The maximum atomic E-state index is 11.0. The molecule has 0 N–H and O–H groups in total. The van der Waals surface area contributed by atoms with E-state index in [1.54, 1.807) is 19.1 Å². The fourth-order valence-corrected chi connectivity index (χ4v) is 1.74. The first-order valence-electron chi connectivity index (χ1n) is 5.62. The Labute approximate surface area is 115 Å². The van der Waals surface area contributed by atoms with Crippen LogP contribution >= 0.6 is 11.6 Å². The van der Waals surface area contributed by atoms with Gasteiger partial charge in [0.1, 0.15) is 10.8 Å². The molecule has 0 fully saturated rings. The molecule has 0 radical (unpaired) electrons. The molecule has 19 heavy (non-hydrogen) atoms. The Kier molecular flexibility index (Phi) is 3.92. The Bertz CT molecular complexity index is 639. The number of hydrogen-bond donors (Lipinski definition) is 0. The van der Waals surface area contributed by atoms with Gasteiger partial charge in [-0.25, -0.2) is 4.98 Å². The summed E-state index contributed by atoms with van der Waals surface area (Å²) in [6.07, 6.45) is 3.36. The average Bonchev–Trinajstić information content (AvgIpc) is 2.40. The van der Waals surface area contributed by atoms with Crippen molar-refractivity contribution in [1.29, 1.82) is 0 Å². The molecule has 1 heterocycles. The van der Waals surface area contributed by atoms with Gasteiger partial charge in [0.25, 0.3) is 5.69 Å². The maximum Gasteiger partial charge on any atom is 0.295 e. The van der Waals surface area contributed by atoms with Crippen LogP contribution in [0, 0.1) is 17.0 Å². The predicted octanol–water partition coefficient (Wildman–Crippen LogP) is 4.12. The minimum atomic E-state index is -0.457. The standard InChI is InChI=1S/C14H11ClN2O2/c1-10-9-13(17(18)19)12(16-14(10)15)8-7-11-5-3-2-4-6-11/h2-9H,1H3. The normalized spacial score (nSPS) is 10.8. The van der Waals surface area contributed by atoms with Crippen LogP contribution in [0.25, 0.3) is 12.2 Å². The molecule has 0 aliphatic heterocycles. The summed E-state index contributed by atoms with van der Waals surface area (Å²) in [5.74, 6) is 0. The monoisotopic (exact) mass is 274 g/mol. The van der Waals surface area contributed by atoms with Crippen molar-refractivity contribution in [1.82, 2.24) is 4.98 Å². The lowest BCUT2D eigenvalue weighted by molar-refractivity contribution is -0.385. The van der Waals surface area contributed by atoms with Crippen molar-refractivity contribution in [2.45, 2.75) is 6.92 Å². The zero-order valence-corrected chi connectivity index (χ0v) is 11.0. The van der Waals surface area contributed by atoms with Gasteiger partial charge < -0.3 is 0 Å². The first-order chi connectivity index (χ1) is 9.08. The minimum Gasteiger partial charge on any atom is -0.258 e. The van der Waals surface area contributed by atoms with Gasteiger partial charge in [-0.2, -0.15) is 0 Å². The van der Waals surface area contributed by atoms with Gasteiger partial charge >= 0.3 is 0 Å². The van der Waals surface area contributed by atoms with E-state index in [1.807, 2.05) is 30.3 Å². The van der Waals surface area contributed by atoms with Crippen molar-refractivity contribution in [3.8, 4) is 0 Å². The molecular weight excluding hydrogens is 264 g/mol. The summed E-state index contributed by atoms with van der Waals surface area (Å²) in [7, 11) is 0. The number of pyridine rings is 1. The molecule has 0 atom stereocenters. The maximum absolute atomic E-state index is 11.0. The lowest BCUT2D eigenvalue weighted by Crippen LogP contribution is -1.96. The van der Waals surface area contributed by atoms with E-state index < -0.39 is 4.92 Å². The van der Waals surface area contributed by atoms with Crippen LogP contribution in [0.15, 0.2) is 36.4 Å². The Hall–Kier alpha value is -2.20. The van der Waals surface area contributed by atoms with Gasteiger partial charge in [-0.15, -0.1) is 0 Å². The van der Waals surface area contributed by atoms with Gasteiger partial charge in [-0.1, -0.05) is 48.0 Å².